The summed E-state index contributed by atoms with van der Waals surface area (Å²) < 4.78 is 5.16. The zero-order valence-corrected chi connectivity index (χ0v) is 11.9. The van der Waals surface area contributed by atoms with E-state index in [1.165, 1.54) is 12.1 Å². The number of aromatic hydroxyl groups is 1. The van der Waals surface area contributed by atoms with Crippen LogP contribution in [0.15, 0.2) is 54.6 Å². The highest BCUT2D eigenvalue weighted by Gasteiger charge is 2.19. The molecule has 0 saturated heterocycles. The third-order valence-electron chi connectivity index (χ3n) is 2.78. The Bertz CT molecular complexity index is 623. The lowest BCUT2D eigenvalue weighted by Crippen LogP contribution is -2.35. The molecule has 5 nitrogen and oxygen atoms in total. The number of allylic oxidation sites excluding steroid dienone is 4. The number of carbonyl (C=O) groups excluding carboxylic acids is 1. The van der Waals surface area contributed by atoms with Gasteiger partial charge in [0.05, 0.1) is 0 Å². The first-order valence-corrected chi connectivity index (χ1v) is 6.69. The van der Waals surface area contributed by atoms with Crippen LogP contribution in [0.5, 0.6) is 5.75 Å². The van der Waals surface area contributed by atoms with Crippen molar-refractivity contribution < 1.29 is 14.6 Å². The Kier molecular flexibility index (Phi) is 5.03. The molecule has 0 radical (unpaired) electrons. The van der Waals surface area contributed by atoms with Crippen LogP contribution in [-0.2, 0) is 16.0 Å². The molecular formula is C15H15ClN2O3. The Morgan fingerprint density at radius 3 is 2.95 bits per heavy atom. The number of phenols is 1. The van der Waals surface area contributed by atoms with Gasteiger partial charge in [-0.2, -0.15) is 0 Å². The van der Waals surface area contributed by atoms with Gasteiger partial charge < -0.3 is 20.9 Å². The molecule has 0 aliphatic carbocycles. The van der Waals surface area contributed by atoms with Gasteiger partial charge in [0.15, 0.2) is 0 Å². The van der Waals surface area contributed by atoms with E-state index in [0.29, 0.717) is 16.5 Å². The predicted molar refractivity (Wildman–Crippen MR) is 80.4 cm³/mol. The van der Waals surface area contributed by atoms with E-state index in [1.807, 2.05) is 0 Å². The Morgan fingerprint density at radius 2 is 2.19 bits per heavy atom. The first kappa shape index (κ1) is 15.2. The highest BCUT2D eigenvalue weighted by atomic mass is 35.5. The van der Waals surface area contributed by atoms with Crippen molar-refractivity contribution >= 4 is 17.6 Å². The van der Waals surface area contributed by atoms with Crippen molar-refractivity contribution in [1.29, 1.82) is 0 Å². The molecule has 21 heavy (non-hydrogen) atoms. The van der Waals surface area contributed by atoms with Crippen molar-refractivity contribution in [1.82, 2.24) is 5.32 Å². The van der Waals surface area contributed by atoms with E-state index in [9.17, 15) is 9.90 Å². The van der Waals surface area contributed by atoms with E-state index in [-0.39, 0.29) is 12.2 Å². The van der Waals surface area contributed by atoms with Gasteiger partial charge in [0.2, 0.25) is 5.88 Å². The molecule has 0 aromatic heterocycles. The summed E-state index contributed by atoms with van der Waals surface area (Å²) >= 11 is 5.98. The molecule has 1 heterocycles. The minimum atomic E-state index is -0.856. The standard InChI is InChI=1S/C15H15ClN2O3/c16-12-9-11(19)6-5-10(12)8-13(17)15(20)21-14-4-2-1-3-7-18-14/h1-7,9,13,18-19H,8,17H2/t13-/m0/s1. The number of ether oxygens (including phenoxy) is 1. The van der Waals surface area contributed by atoms with Gasteiger partial charge >= 0.3 is 5.97 Å². The number of hydrogen-bond acceptors (Lipinski definition) is 5. The minimum Gasteiger partial charge on any atom is -0.508 e. The summed E-state index contributed by atoms with van der Waals surface area (Å²) in [5.41, 5.74) is 6.49. The van der Waals surface area contributed by atoms with E-state index in [4.69, 9.17) is 22.1 Å². The van der Waals surface area contributed by atoms with Crippen LogP contribution in [-0.4, -0.2) is 17.1 Å². The lowest BCUT2D eigenvalue weighted by Gasteiger charge is -2.13. The maximum Gasteiger partial charge on any atom is 0.329 e. The van der Waals surface area contributed by atoms with Crippen LogP contribution in [0.1, 0.15) is 5.56 Å². The SMILES string of the molecule is N[C@@H](Cc1ccc(O)cc1Cl)C(=O)OC1=CC=CC=CN1. The molecule has 1 aromatic rings. The summed E-state index contributed by atoms with van der Waals surface area (Å²) in [6.45, 7) is 0. The van der Waals surface area contributed by atoms with E-state index in [1.54, 1.807) is 36.6 Å². The first-order chi connectivity index (χ1) is 10.1. The molecule has 2 rings (SSSR count). The Morgan fingerprint density at radius 1 is 1.38 bits per heavy atom. The Balaban J connectivity index is 1.97. The van der Waals surface area contributed by atoms with Crippen LogP contribution >= 0.6 is 11.6 Å². The molecule has 1 aliphatic rings. The quantitative estimate of drug-likeness (QED) is 0.741. The molecule has 0 fully saturated rings. The molecule has 0 spiro atoms. The average Bonchev–Trinajstić information content (AvgIpc) is 2.70. The fourth-order valence-electron chi connectivity index (χ4n) is 1.71. The summed E-state index contributed by atoms with van der Waals surface area (Å²) in [5, 5.41) is 12.5. The third kappa shape index (κ3) is 4.37. The third-order valence-corrected chi connectivity index (χ3v) is 3.13. The monoisotopic (exact) mass is 306 g/mol. The second-order valence-electron chi connectivity index (χ2n) is 4.43. The number of nitrogens with two attached hydrogens (primary N) is 1. The second-order valence-corrected chi connectivity index (χ2v) is 4.83. The number of rotatable bonds is 4. The van der Waals surface area contributed by atoms with Crippen molar-refractivity contribution in [2.45, 2.75) is 12.5 Å². The van der Waals surface area contributed by atoms with E-state index < -0.39 is 12.0 Å². The summed E-state index contributed by atoms with van der Waals surface area (Å²) in [5.74, 6) is -0.204. The molecule has 1 aliphatic heterocycles. The molecular weight excluding hydrogens is 292 g/mol. The van der Waals surface area contributed by atoms with Gasteiger partial charge in [-0.3, -0.25) is 0 Å². The van der Waals surface area contributed by atoms with Gasteiger partial charge in [-0.25, -0.2) is 4.79 Å². The summed E-state index contributed by atoms with van der Waals surface area (Å²) in [4.78, 5) is 11.9. The summed E-state index contributed by atoms with van der Waals surface area (Å²) in [6, 6.07) is 3.66. The topological polar surface area (TPSA) is 84.6 Å². The van der Waals surface area contributed by atoms with Crippen LogP contribution in [0.2, 0.25) is 5.02 Å². The van der Waals surface area contributed by atoms with E-state index in [0.717, 1.165) is 0 Å². The van der Waals surface area contributed by atoms with E-state index in [2.05, 4.69) is 5.32 Å². The molecule has 4 N–H and O–H groups in total. The molecule has 110 valence electrons. The fraction of sp³-hybridized carbons (Fsp3) is 0.133. The smallest absolute Gasteiger partial charge is 0.329 e. The maximum atomic E-state index is 11.9. The normalized spacial score (nSPS) is 14.9. The van der Waals surface area contributed by atoms with Crippen molar-refractivity contribution in [3.05, 3.63) is 65.2 Å². The lowest BCUT2D eigenvalue weighted by atomic mass is 10.1. The van der Waals surface area contributed by atoms with Gasteiger partial charge in [-0.15, -0.1) is 0 Å². The number of nitrogens with one attached hydrogen (secondary N) is 1. The molecule has 0 saturated carbocycles. The zero-order chi connectivity index (χ0) is 15.2. The van der Waals surface area contributed by atoms with Crippen LogP contribution in [0.25, 0.3) is 0 Å². The van der Waals surface area contributed by atoms with Crippen molar-refractivity contribution in [2.24, 2.45) is 5.73 Å². The Labute approximate surface area is 127 Å². The lowest BCUT2D eigenvalue weighted by molar-refractivity contribution is -0.141. The largest absolute Gasteiger partial charge is 0.508 e. The molecule has 0 bridgehead atoms. The second kappa shape index (κ2) is 6.97. The molecule has 0 unspecified atom stereocenters. The van der Waals surface area contributed by atoms with Crippen LogP contribution in [0, 0.1) is 0 Å². The van der Waals surface area contributed by atoms with Crippen molar-refractivity contribution in [3.8, 4) is 5.75 Å². The molecule has 6 heteroatoms. The summed E-state index contributed by atoms with van der Waals surface area (Å²) in [6.07, 6.45) is 8.79. The number of esters is 1. The van der Waals surface area contributed by atoms with Crippen molar-refractivity contribution in [3.63, 3.8) is 0 Å². The highest BCUT2D eigenvalue weighted by molar-refractivity contribution is 6.31. The number of carbonyl (C=O) groups is 1. The molecule has 1 atom stereocenters. The predicted octanol–water partition coefficient (Wildman–Crippen LogP) is 1.97. The molecule has 0 amide bonds. The zero-order valence-electron chi connectivity index (χ0n) is 11.1. The van der Waals surface area contributed by atoms with E-state index >= 15 is 0 Å². The van der Waals surface area contributed by atoms with Crippen LogP contribution in [0.4, 0.5) is 0 Å². The van der Waals surface area contributed by atoms with Gasteiger partial charge in [0.25, 0.3) is 0 Å². The van der Waals surface area contributed by atoms with Gasteiger partial charge in [-0.1, -0.05) is 29.8 Å². The Hall–Kier alpha value is -2.24. The molecule has 1 aromatic carbocycles. The maximum absolute atomic E-state index is 11.9. The summed E-state index contributed by atoms with van der Waals surface area (Å²) in [7, 11) is 0. The highest BCUT2D eigenvalue weighted by Crippen LogP contribution is 2.22. The van der Waals surface area contributed by atoms with Gasteiger partial charge in [-0.05, 0) is 36.3 Å². The minimum absolute atomic E-state index is 0.0614. The number of phenolic OH excluding ortho intramolecular Hbond substituents is 1. The van der Waals surface area contributed by atoms with Crippen LogP contribution in [0.3, 0.4) is 0 Å². The fourth-order valence-corrected chi connectivity index (χ4v) is 1.96. The number of hydrogen-bond donors (Lipinski definition) is 3. The van der Waals surface area contributed by atoms with Crippen molar-refractivity contribution in [2.75, 3.05) is 0 Å². The van der Waals surface area contributed by atoms with Gasteiger partial charge in [0, 0.05) is 11.2 Å². The number of benzene rings is 1. The first-order valence-electron chi connectivity index (χ1n) is 6.31. The number of halogens is 1. The van der Waals surface area contributed by atoms with Gasteiger partial charge in [0.1, 0.15) is 11.8 Å². The van der Waals surface area contributed by atoms with Crippen LogP contribution < -0.4 is 11.1 Å². The average molecular weight is 307 g/mol.